The average Bonchev–Trinajstić information content (AvgIpc) is 3.27. The Bertz CT molecular complexity index is 507. The first-order chi connectivity index (χ1) is 11.9. The van der Waals surface area contributed by atoms with Crippen molar-refractivity contribution in [3.05, 3.63) is 30.1 Å². The van der Waals surface area contributed by atoms with Gasteiger partial charge in [0.15, 0.2) is 0 Å². The lowest BCUT2D eigenvalue weighted by atomic mass is 10.0. The SMILES string of the molecule is c1cc(CO[C@H]2CN(CCN3CCCC3)[C@@H]3CCCO[C@H]23)ccn1. The maximum atomic E-state index is 6.25. The summed E-state index contributed by atoms with van der Waals surface area (Å²) in [6.45, 7) is 7.45. The van der Waals surface area contributed by atoms with Crippen molar-refractivity contribution in [2.75, 3.05) is 39.3 Å². The maximum Gasteiger partial charge on any atom is 0.100 e. The second-order valence-corrected chi connectivity index (χ2v) is 7.29. The summed E-state index contributed by atoms with van der Waals surface area (Å²) in [4.78, 5) is 9.30. The van der Waals surface area contributed by atoms with Gasteiger partial charge in [-0.15, -0.1) is 0 Å². The minimum Gasteiger partial charge on any atom is -0.374 e. The third-order valence-corrected chi connectivity index (χ3v) is 5.70. The van der Waals surface area contributed by atoms with Crippen LogP contribution in [0.2, 0.25) is 0 Å². The number of aromatic nitrogens is 1. The maximum absolute atomic E-state index is 6.25. The van der Waals surface area contributed by atoms with E-state index in [-0.39, 0.29) is 12.2 Å². The van der Waals surface area contributed by atoms with Gasteiger partial charge >= 0.3 is 0 Å². The van der Waals surface area contributed by atoms with Gasteiger partial charge in [-0.3, -0.25) is 9.88 Å². The van der Waals surface area contributed by atoms with Gasteiger partial charge in [0.25, 0.3) is 0 Å². The van der Waals surface area contributed by atoms with Crippen molar-refractivity contribution in [1.82, 2.24) is 14.8 Å². The van der Waals surface area contributed by atoms with Crippen molar-refractivity contribution in [3.8, 4) is 0 Å². The van der Waals surface area contributed by atoms with Crippen molar-refractivity contribution < 1.29 is 9.47 Å². The predicted molar refractivity (Wildman–Crippen MR) is 92.8 cm³/mol. The highest BCUT2D eigenvalue weighted by Gasteiger charge is 2.44. The van der Waals surface area contributed by atoms with Crippen molar-refractivity contribution in [3.63, 3.8) is 0 Å². The van der Waals surface area contributed by atoms with Crippen LogP contribution in [0, 0.1) is 0 Å². The molecular formula is C19H29N3O2. The van der Waals surface area contributed by atoms with Crippen LogP contribution in [0.3, 0.4) is 0 Å². The van der Waals surface area contributed by atoms with E-state index in [0.717, 1.165) is 19.7 Å². The highest BCUT2D eigenvalue weighted by molar-refractivity contribution is 5.08. The number of rotatable bonds is 6. The Morgan fingerprint density at radius 2 is 1.96 bits per heavy atom. The number of likely N-dealkylation sites (tertiary alicyclic amines) is 2. The van der Waals surface area contributed by atoms with E-state index in [1.807, 2.05) is 24.5 Å². The Kier molecular flexibility index (Phi) is 5.43. The Morgan fingerprint density at radius 3 is 2.79 bits per heavy atom. The van der Waals surface area contributed by atoms with Crippen LogP contribution in [-0.2, 0) is 16.1 Å². The molecule has 1 aromatic rings. The van der Waals surface area contributed by atoms with Gasteiger partial charge in [-0.05, 0) is 56.5 Å². The summed E-state index contributed by atoms with van der Waals surface area (Å²) in [6.07, 6.45) is 9.27. The van der Waals surface area contributed by atoms with E-state index >= 15 is 0 Å². The van der Waals surface area contributed by atoms with Crippen molar-refractivity contribution in [2.24, 2.45) is 0 Å². The van der Waals surface area contributed by atoms with E-state index in [4.69, 9.17) is 9.47 Å². The summed E-state index contributed by atoms with van der Waals surface area (Å²) in [5, 5.41) is 0. The zero-order chi connectivity index (χ0) is 16.2. The van der Waals surface area contributed by atoms with E-state index in [2.05, 4.69) is 14.8 Å². The summed E-state index contributed by atoms with van der Waals surface area (Å²) in [5.74, 6) is 0. The number of ether oxygens (including phenoxy) is 2. The minimum atomic E-state index is 0.196. The Hall–Kier alpha value is -1.01. The standard InChI is InChI=1S/C19H29N3O2/c1-2-10-21(9-1)11-12-22-14-18(19-17(22)4-3-13-23-19)24-15-16-5-7-20-8-6-16/h5-8,17-19H,1-4,9-15H2/t17-,18+,19+/m1/s1. The lowest BCUT2D eigenvalue weighted by molar-refractivity contribution is -0.0817. The average molecular weight is 331 g/mol. The quantitative estimate of drug-likeness (QED) is 0.796. The molecule has 24 heavy (non-hydrogen) atoms. The lowest BCUT2D eigenvalue weighted by Gasteiger charge is -2.33. The predicted octanol–water partition coefficient (Wildman–Crippen LogP) is 1.93. The molecule has 0 N–H and O–H groups in total. The molecule has 0 amide bonds. The highest BCUT2D eigenvalue weighted by Crippen LogP contribution is 2.31. The molecule has 0 saturated carbocycles. The molecule has 5 nitrogen and oxygen atoms in total. The molecule has 0 aromatic carbocycles. The molecule has 0 bridgehead atoms. The Labute approximate surface area is 144 Å². The van der Waals surface area contributed by atoms with Crippen LogP contribution in [0.15, 0.2) is 24.5 Å². The summed E-state index contributed by atoms with van der Waals surface area (Å²) in [5.41, 5.74) is 1.19. The van der Waals surface area contributed by atoms with E-state index in [1.54, 1.807) is 0 Å². The van der Waals surface area contributed by atoms with Gasteiger partial charge in [-0.2, -0.15) is 0 Å². The zero-order valence-corrected chi connectivity index (χ0v) is 14.5. The molecular weight excluding hydrogens is 302 g/mol. The highest BCUT2D eigenvalue weighted by atomic mass is 16.5. The fourth-order valence-corrected chi connectivity index (χ4v) is 4.37. The molecule has 1 aromatic heterocycles. The second-order valence-electron chi connectivity index (χ2n) is 7.29. The molecule has 4 rings (SSSR count). The van der Waals surface area contributed by atoms with Crippen LogP contribution in [0.4, 0.5) is 0 Å². The fraction of sp³-hybridized carbons (Fsp3) is 0.737. The zero-order valence-electron chi connectivity index (χ0n) is 14.5. The third kappa shape index (κ3) is 3.80. The summed E-state index contributed by atoms with van der Waals surface area (Å²) < 4.78 is 12.4. The van der Waals surface area contributed by atoms with E-state index in [1.165, 1.54) is 50.9 Å². The molecule has 0 aliphatic carbocycles. The number of hydrogen-bond donors (Lipinski definition) is 0. The van der Waals surface area contributed by atoms with Gasteiger partial charge in [-0.25, -0.2) is 0 Å². The van der Waals surface area contributed by atoms with Crippen LogP contribution in [0.1, 0.15) is 31.2 Å². The van der Waals surface area contributed by atoms with Crippen molar-refractivity contribution >= 4 is 0 Å². The summed E-state index contributed by atoms with van der Waals surface area (Å²) >= 11 is 0. The first-order valence-corrected chi connectivity index (χ1v) is 9.49. The molecule has 3 aliphatic rings. The molecule has 3 aliphatic heterocycles. The normalized spacial score (nSPS) is 31.4. The van der Waals surface area contributed by atoms with Gasteiger partial charge in [0.1, 0.15) is 6.10 Å². The molecule has 0 unspecified atom stereocenters. The summed E-state index contributed by atoms with van der Waals surface area (Å²) in [7, 11) is 0. The van der Waals surface area contributed by atoms with Gasteiger partial charge < -0.3 is 14.4 Å². The smallest absolute Gasteiger partial charge is 0.100 e. The third-order valence-electron chi connectivity index (χ3n) is 5.70. The van der Waals surface area contributed by atoms with Gasteiger partial charge in [0.2, 0.25) is 0 Å². The Morgan fingerprint density at radius 1 is 1.12 bits per heavy atom. The number of nitrogens with zero attached hydrogens (tertiary/aromatic N) is 3. The molecule has 4 heterocycles. The first kappa shape index (κ1) is 16.5. The molecule has 5 heteroatoms. The van der Waals surface area contributed by atoms with Crippen LogP contribution in [-0.4, -0.2) is 72.4 Å². The van der Waals surface area contributed by atoms with Crippen molar-refractivity contribution in [1.29, 1.82) is 0 Å². The number of pyridine rings is 1. The monoisotopic (exact) mass is 331 g/mol. The Balaban J connectivity index is 1.33. The molecule has 3 saturated heterocycles. The van der Waals surface area contributed by atoms with Crippen LogP contribution >= 0.6 is 0 Å². The van der Waals surface area contributed by atoms with Gasteiger partial charge in [0.05, 0.1) is 12.7 Å². The van der Waals surface area contributed by atoms with Crippen LogP contribution in [0.5, 0.6) is 0 Å². The minimum absolute atomic E-state index is 0.196. The molecule has 3 atom stereocenters. The first-order valence-electron chi connectivity index (χ1n) is 9.49. The fourth-order valence-electron chi connectivity index (χ4n) is 4.37. The molecule has 0 radical (unpaired) electrons. The topological polar surface area (TPSA) is 37.8 Å². The van der Waals surface area contributed by atoms with Gasteiger partial charge in [0, 0.05) is 44.7 Å². The number of fused-ring (bicyclic) bond motifs is 1. The lowest BCUT2D eigenvalue weighted by Crippen LogP contribution is -2.43. The van der Waals surface area contributed by atoms with E-state index in [9.17, 15) is 0 Å². The largest absolute Gasteiger partial charge is 0.374 e. The number of hydrogen-bond acceptors (Lipinski definition) is 5. The van der Waals surface area contributed by atoms with Gasteiger partial charge in [-0.1, -0.05) is 0 Å². The van der Waals surface area contributed by atoms with E-state index in [0.29, 0.717) is 12.6 Å². The molecule has 132 valence electrons. The molecule has 0 spiro atoms. The van der Waals surface area contributed by atoms with Crippen LogP contribution < -0.4 is 0 Å². The van der Waals surface area contributed by atoms with Crippen molar-refractivity contribution in [2.45, 2.75) is 50.5 Å². The molecule has 3 fully saturated rings. The summed E-state index contributed by atoms with van der Waals surface area (Å²) in [6, 6.07) is 4.60. The van der Waals surface area contributed by atoms with E-state index < -0.39 is 0 Å². The second kappa shape index (κ2) is 7.91. The van der Waals surface area contributed by atoms with Crippen LogP contribution in [0.25, 0.3) is 0 Å².